The minimum absolute atomic E-state index is 0.0888. The van der Waals surface area contributed by atoms with Crippen LogP contribution in [-0.2, 0) is 16.4 Å². The van der Waals surface area contributed by atoms with Crippen LogP contribution in [0.5, 0.6) is 0 Å². The van der Waals surface area contributed by atoms with Gasteiger partial charge in [-0.15, -0.1) is 0 Å². The summed E-state index contributed by atoms with van der Waals surface area (Å²) in [5.41, 5.74) is 2.33. The van der Waals surface area contributed by atoms with Gasteiger partial charge in [0.1, 0.15) is 16.5 Å². The highest BCUT2D eigenvalue weighted by Crippen LogP contribution is 2.10. The van der Waals surface area contributed by atoms with E-state index in [1.54, 1.807) is 18.4 Å². The Labute approximate surface area is 110 Å². The Bertz CT molecular complexity index is 608. The number of furan rings is 1. The van der Waals surface area contributed by atoms with Gasteiger partial charge in [0.25, 0.3) is 0 Å². The molecule has 0 radical (unpaired) electrons. The van der Waals surface area contributed by atoms with Gasteiger partial charge in [0.05, 0.1) is 6.26 Å². The molecular formula is C11H14N4O3S. The van der Waals surface area contributed by atoms with E-state index in [-0.39, 0.29) is 11.4 Å². The Morgan fingerprint density at radius 2 is 2.16 bits per heavy atom. The molecule has 2 rings (SSSR count). The third-order valence-electron chi connectivity index (χ3n) is 2.44. The number of hydrogen-bond donors (Lipinski definition) is 3. The van der Waals surface area contributed by atoms with E-state index in [1.165, 1.54) is 18.3 Å². The summed E-state index contributed by atoms with van der Waals surface area (Å²) in [5.74, 6) is 6.28. The Balaban J connectivity index is 1.97. The minimum Gasteiger partial charge on any atom is -0.469 e. The number of aromatic nitrogens is 1. The van der Waals surface area contributed by atoms with Crippen LogP contribution in [0.3, 0.4) is 0 Å². The Morgan fingerprint density at radius 1 is 1.32 bits per heavy atom. The highest BCUT2D eigenvalue weighted by Gasteiger charge is 2.13. The van der Waals surface area contributed by atoms with Gasteiger partial charge in [0.2, 0.25) is 10.0 Å². The average molecular weight is 282 g/mol. The molecule has 0 atom stereocenters. The van der Waals surface area contributed by atoms with Gasteiger partial charge in [-0.05, 0) is 24.3 Å². The van der Waals surface area contributed by atoms with E-state index >= 15 is 0 Å². The van der Waals surface area contributed by atoms with Crippen LogP contribution in [0.15, 0.2) is 46.0 Å². The van der Waals surface area contributed by atoms with Gasteiger partial charge >= 0.3 is 0 Å². The van der Waals surface area contributed by atoms with E-state index in [1.807, 2.05) is 0 Å². The molecule has 8 heteroatoms. The van der Waals surface area contributed by atoms with E-state index in [2.05, 4.69) is 15.1 Å². The van der Waals surface area contributed by atoms with Crippen molar-refractivity contribution in [1.82, 2.24) is 9.71 Å². The van der Waals surface area contributed by atoms with Crippen molar-refractivity contribution >= 4 is 15.8 Å². The van der Waals surface area contributed by atoms with Crippen molar-refractivity contribution in [2.24, 2.45) is 5.84 Å². The number of nitrogens with one attached hydrogen (secondary N) is 2. The standard InChI is InChI=1S/C11H14N4O3S/c12-15-11-4-3-10(8-13-11)19(16,17)14-6-5-9-2-1-7-18-9/h1-4,7-8,14H,5-6,12H2,(H,13,15). The van der Waals surface area contributed by atoms with Crippen molar-refractivity contribution in [3.63, 3.8) is 0 Å². The van der Waals surface area contributed by atoms with E-state index in [0.29, 0.717) is 12.2 Å². The molecular weight excluding hydrogens is 268 g/mol. The van der Waals surface area contributed by atoms with Crippen molar-refractivity contribution in [2.45, 2.75) is 11.3 Å². The molecule has 0 spiro atoms. The lowest BCUT2D eigenvalue weighted by molar-refractivity contribution is 0.506. The lowest BCUT2D eigenvalue weighted by Gasteiger charge is -2.06. The number of hydrazine groups is 1. The molecule has 0 saturated carbocycles. The normalized spacial score (nSPS) is 11.4. The number of hydrogen-bond acceptors (Lipinski definition) is 6. The van der Waals surface area contributed by atoms with Crippen molar-refractivity contribution in [3.05, 3.63) is 42.5 Å². The van der Waals surface area contributed by atoms with Crippen LogP contribution in [0.1, 0.15) is 5.76 Å². The Kier molecular flexibility index (Phi) is 4.15. The predicted molar refractivity (Wildman–Crippen MR) is 69.6 cm³/mol. The first kappa shape index (κ1) is 13.5. The summed E-state index contributed by atoms with van der Waals surface area (Å²) in [6.07, 6.45) is 3.28. The van der Waals surface area contributed by atoms with Crippen LogP contribution in [0.2, 0.25) is 0 Å². The van der Waals surface area contributed by atoms with E-state index in [0.717, 1.165) is 5.76 Å². The fourth-order valence-corrected chi connectivity index (χ4v) is 2.45. The Morgan fingerprint density at radius 3 is 2.74 bits per heavy atom. The number of anilines is 1. The highest BCUT2D eigenvalue weighted by molar-refractivity contribution is 7.89. The summed E-state index contributed by atoms with van der Waals surface area (Å²) in [5, 5.41) is 0. The minimum atomic E-state index is -3.56. The molecule has 0 fully saturated rings. The van der Waals surface area contributed by atoms with Crippen molar-refractivity contribution in [1.29, 1.82) is 0 Å². The Hall–Kier alpha value is -1.90. The van der Waals surface area contributed by atoms with E-state index in [4.69, 9.17) is 10.3 Å². The zero-order valence-electron chi connectivity index (χ0n) is 10.0. The lowest BCUT2D eigenvalue weighted by Crippen LogP contribution is -2.26. The first-order valence-electron chi connectivity index (χ1n) is 5.56. The molecule has 0 aliphatic rings. The number of pyridine rings is 1. The van der Waals surface area contributed by atoms with Gasteiger partial charge in [0, 0.05) is 19.2 Å². The molecule has 19 heavy (non-hydrogen) atoms. The fourth-order valence-electron chi connectivity index (χ4n) is 1.47. The summed E-state index contributed by atoms with van der Waals surface area (Å²) in [6.45, 7) is 0.257. The molecule has 0 aromatic carbocycles. The summed E-state index contributed by atoms with van der Waals surface area (Å²) in [6, 6.07) is 6.46. The van der Waals surface area contributed by atoms with Crippen LogP contribution in [0.25, 0.3) is 0 Å². The summed E-state index contributed by atoms with van der Waals surface area (Å²) < 4.78 is 31.4. The average Bonchev–Trinajstić information content (AvgIpc) is 2.92. The van der Waals surface area contributed by atoms with Gasteiger partial charge < -0.3 is 9.84 Å². The maximum atomic E-state index is 11.9. The molecule has 0 unspecified atom stereocenters. The van der Waals surface area contributed by atoms with Gasteiger partial charge in [-0.3, -0.25) is 0 Å². The molecule has 0 bridgehead atoms. The molecule has 0 aliphatic carbocycles. The molecule has 7 nitrogen and oxygen atoms in total. The lowest BCUT2D eigenvalue weighted by atomic mass is 10.3. The predicted octanol–water partition coefficient (Wildman–Crippen LogP) is 0.481. The largest absolute Gasteiger partial charge is 0.469 e. The van der Waals surface area contributed by atoms with Crippen LogP contribution >= 0.6 is 0 Å². The molecule has 4 N–H and O–H groups in total. The number of nitrogens with two attached hydrogens (primary N) is 1. The van der Waals surface area contributed by atoms with E-state index in [9.17, 15) is 8.42 Å². The number of sulfonamides is 1. The molecule has 2 aromatic rings. The van der Waals surface area contributed by atoms with E-state index < -0.39 is 10.0 Å². The zero-order valence-corrected chi connectivity index (χ0v) is 10.9. The zero-order chi connectivity index (χ0) is 13.7. The molecule has 2 heterocycles. The van der Waals surface area contributed by atoms with Crippen molar-refractivity contribution in [3.8, 4) is 0 Å². The third-order valence-corrected chi connectivity index (χ3v) is 3.88. The monoisotopic (exact) mass is 282 g/mol. The first-order valence-corrected chi connectivity index (χ1v) is 7.05. The smallest absolute Gasteiger partial charge is 0.242 e. The third kappa shape index (κ3) is 3.53. The summed E-state index contributed by atoms with van der Waals surface area (Å²) in [4.78, 5) is 3.94. The highest BCUT2D eigenvalue weighted by atomic mass is 32.2. The van der Waals surface area contributed by atoms with Gasteiger partial charge in [-0.25, -0.2) is 24.0 Å². The first-order chi connectivity index (χ1) is 9.12. The van der Waals surface area contributed by atoms with Crippen LogP contribution in [-0.4, -0.2) is 19.9 Å². The maximum absolute atomic E-state index is 11.9. The molecule has 0 saturated heterocycles. The van der Waals surface area contributed by atoms with Crippen LogP contribution < -0.4 is 16.0 Å². The topological polar surface area (TPSA) is 110 Å². The second-order valence-corrected chi connectivity index (χ2v) is 5.52. The SMILES string of the molecule is NNc1ccc(S(=O)(=O)NCCc2ccco2)cn1. The summed E-state index contributed by atoms with van der Waals surface area (Å²) >= 11 is 0. The maximum Gasteiger partial charge on any atom is 0.242 e. The van der Waals surface area contributed by atoms with Gasteiger partial charge in [-0.2, -0.15) is 0 Å². The molecule has 0 aliphatic heterocycles. The fraction of sp³-hybridized carbons (Fsp3) is 0.182. The number of nitrogens with zero attached hydrogens (tertiary/aromatic N) is 1. The van der Waals surface area contributed by atoms with Crippen LogP contribution in [0, 0.1) is 0 Å². The van der Waals surface area contributed by atoms with Gasteiger partial charge in [0.15, 0.2) is 0 Å². The number of nitrogen functional groups attached to an aromatic ring is 1. The quantitative estimate of drug-likeness (QED) is 0.525. The van der Waals surface area contributed by atoms with Crippen molar-refractivity contribution < 1.29 is 12.8 Å². The second kappa shape index (κ2) is 5.83. The molecule has 0 amide bonds. The van der Waals surface area contributed by atoms with Crippen LogP contribution in [0.4, 0.5) is 5.82 Å². The molecule has 2 aromatic heterocycles. The molecule has 102 valence electrons. The summed E-state index contributed by atoms with van der Waals surface area (Å²) in [7, 11) is -3.56. The second-order valence-electron chi connectivity index (χ2n) is 3.75. The van der Waals surface area contributed by atoms with Crippen molar-refractivity contribution in [2.75, 3.05) is 12.0 Å². The number of rotatable bonds is 6. The van der Waals surface area contributed by atoms with Gasteiger partial charge in [-0.1, -0.05) is 0 Å².